The molecule has 1 heterocycles. The third kappa shape index (κ3) is 3.31. The van der Waals surface area contributed by atoms with E-state index in [0.29, 0.717) is 0 Å². The highest BCUT2D eigenvalue weighted by atomic mass is 79.9. The highest BCUT2D eigenvalue weighted by molar-refractivity contribution is 9.10. The largest absolute Gasteiger partial charge is 0.397 e. The van der Waals surface area contributed by atoms with Gasteiger partial charge in [-0.1, -0.05) is 34.1 Å². The van der Waals surface area contributed by atoms with Gasteiger partial charge in [0.2, 0.25) is 0 Å². The Morgan fingerprint density at radius 2 is 1.94 bits per heavy atom. The van der Waals surface area contributed by atoms with Gasteiger partial charge in [0.05, 0.1) is 11.4 Å². The van der Waals surface area contributed by atoms with Gasteiger partial charge in [0.1, 0.15) is 0 Å². The van der Waals surface area contributed by atoms with E-state index in [1.165, 1.54) is 5.56 Å². The molecule has 1 aromatic carbocycles. The quantitative estimate of drug-likeness (QED) is 0.944. The number of hydrogen-bond donors (Lipinski definition) is 1. The lowest BCUT2D eigenvalue weighted by molar-refractivity contribution is 0.315. The van der Waals surface area contributed by atoms with Gasteiger partial charge in [-0.25, -0.2) is 0 Å². The molecule has 0 radical (unpaired) electrons. The molecule has 3 nitrogen and oxygen atoms in total. The predicted octanol–water partition coefficient (Wildman–Crippen LogP) is 3.06. The average molecular weight is 306 g/mol. The molecule has 0 saturated carbocycles. The summed E-state index contributed by atoms with van der Waals surface area (Å²) in [6.45, 7) is 1.60. The number of aromatic nitrogens is 1. The van der Waals surface area contributed by atoms with Crippen LogP contribution in [-0.4, -0.2) is 16.9 Å². The Hall–Kier alpha value is -1.39. The van der Waals surface area contributed by atoms with Gasteiger partial charge in [-0.3, -0.25) is 9.88 Å². The molecule has 2 rings (SSSR count). The molecular formula is C14H16BrN3. The minimum absolute atomic E-state index is 0.744. The van der Waals surface area contributed by atoms with Crippen molar-refractivity contribution in [3.8, 4) is 0 Å². The molecule has 94 valence electrons. The summed E-state index contributed by atoms with van der Waals surface area (Å²) in [7, 11) is 2.06. The summed E-state index contributed by atoms with van der Waals surface area (Å²) >= 11 is 3.56. The highest BCUT2D eigenvalue weighted by Crippen LogP contribution is 2.18. The van der Waals surface area contributed by atoms with E-state index in [2.05, 4.69) is 45.0 Å². The third-order valence-electron chi connectivity index (χ3n) is 2.74. The zero-order valence-electron chi connectivity index (χ0n) is 10.3. The summed E-state index contributed by atoms with van der Waals surface area (Å²) in [5.74, 6) is 0. The fourth-order valence-corrected chi connectivity index (χ4v) is 2.22. The van der Waals surface area contributed by atoms with Crippen LogP contribution in [-0.2, 0) is 13.1 Å². The lowest BCUT2D eigenvalue weighted by atomic mass is 10.2. The molecular weight excluding hydrogens is 290 g/mol. The lowest BCUT2D eigenvalue weighted by Crippen LogP contribution is -2.19. The molecule has 0 aliphatic rings. The lowest BCUT2D eigenvalue weighted by Gasteiger charge is -2.17. The number of nitrogens with two attached hydrogens (primary N) is 1. The molecule has 0 unspecified atom stereocenters. The van der Waals surface area contributed by atoms with Crippen LogP contribution in [0.1, 0.15) is 11.3 Å². The van der Waals surface area contributed by atoms with Crippen LogP contribution in [0.2, 0.25) is 0 Å². The summed E-state index contributed by atoms with van der Waals surface area (Å²) < 4.78 is 1.13. The minimum Gasteiger partial charge on any atom is -0.397 e. The second-order valence-corrected chi connectivity index (χ2v) is 5.16. The van der Waals surface area contributed by atoms with E-state index >= 15 is 0 Å². The summed E-state index contributed by atoms with van der Waals surface area (Å²) in [4.78, 5) is 6.50. The van der Waals surface area contributed by atoms with E-state index in [9.17, 15) is 0 Å². The minimum atomic E-state index is 0.744. The Bertz CT molecular complexity index is 480. The van der Waals surface area contributed by atoms with Crippen molar-refractivity contribution in [3.05, 3.63) is 58.3 Å². The first-order chi connectivity index (χ1) is 8.66. The number of hydrogen-bond acceptors (Lipinski definition) is 3. The zero-order chi connectivity index (χ0) is 13.0. The number of nitrogen functional groups attached to an aromatic ring is 1. The van der Waals surface area contributed by atoms with Crippen molar-refractivity contribution >= 4 is 21.6 Å². The topological polar surface area (TPSA) is 42.2 Å². The van der Waals surface area contributed by atoms with Crippen LogP contribution in [0, 0.1) is 0 Å². The van der Waals surface area contributed by atoms with Crippen molar-refractivity contribution in [2.75, 3.05) is 12.8 Å². The molecule has 0 fully saturated rings. The molecule has 0 atom stereocenters. The Morgan fingerprint density at radius 3 is 2.67 bits per heavy atom. The average Bonchev–Trinajstić information content (AvgIpc) is 2.35. The Morgan fingerprint density at radius 1 is 1.17 bits per heavy atom. The molecule has 18 heavy (non-hydrogen) atoms. The van der Waals surface area contributed by atoms with Crippen LogP contribution < -0.4 is 5.73 Å². The second kappa shape index (κ2) is 5.98. The monoisotopic (exact) mass is 305 g/mol. The summed E-state index contributed by atoms with van der Waals surface area (Å²) in [5, 5.41) is 0. The van der Waals surface area contributed by atoms with E-state index in [1.807, 2.05) is 24.3 Å². The van der Waals surface area contributed by atoms with Crippen LogP contribution in [0.15, 0.2) is 47.1 Å². The standard InChI is InChI=1S/C14H16BrN3/c1-18(9-11-5-2-3-6-12(11)15)10-14-13(16)7-4-8-17-14/h2-8H,9-10,16H2,1H3. The molecule has 0 aliphatic heterocycles. The number of anilines is 1. The van der Waals surface area contributed by atoms with Crippen LogP contribution >= 0.6 is 15.9 Å². The Kier molecular flexibility index (Phi) is 4.33. The Labute approximate surface area is 116 Å². The predicted molar refractivity (Wildman–Crippen MR) is 78.0 cm³/mol. The van der Waals surface area contributed by atoms with Gasteiger partial charge in [-0.2, -0.15) is 0 Å². The van der Waals surface area contributed by atoms with Crippen LogP contribution in [0.25, 0.3) is 0 Å². The number of benzene rings is 1. The number of pyridine rings is 1. The van der Waals surface area contributed by atoms with E-state index in [1.54, 1.807) is 6.20 Å². The zero-order valence-corrected chi connectivity index (χ0v) is 11.9. The van der Waals surface area contributed by atoms with Crippen molar-refractivity contribution in [2.24, 2.45) is 0 Å². The smallest absolute Gasteiger partial charge is 0.0772 e. The number of rotatable bonds is 4. The molecule has 0 bridgehead atoms. The van der Waals surface area contributed by atoms with Crippen LogP contribution in [0.3, 0.4) is 0 Å². The molecule has 0 amide bonds. The van der Waals surface area contributed by atoms with Gasteiger partial charge in [-0.15, -0.1) is 0 Å². The molecule has 1 aromatic heterocycles. The summed E-state index contributed by atoms with van der Waals surface area (Å²) in [6, 6.07) is 12.0. The van der Waals surface area contributed by atoms with Gasteiger partial charge in [0.25, 0.3) is 0 Å². The fraction of sp³-hybridized carbons (Fsp3) is 0.214. The van der Waals surface area contributed by atoms with Gasteiger partial charge >= 0.3 is 0 Å². The first kappa shape index (κ1) is 13.1. The highest BCUT2D eigenvalue weighted by Gasteiger charge is 2.07. The normalized spacial score (nSPS) is 10.8. The van der Waals surface area contributed by atoms with E-state index in [0.717, 1.165) is 28.9 Å². The van der Waals surface area contributed by atoms with E-state index < -0.39 is 0 Å². The SMILES string of the molecule is CN(Cc1ccccc1Br)Cc1ncccc1N. The molecule has 4 heteroatoms. The maximum absolute atomic E-state index is 5.89. The van der Waals surface area contributed by atoms with Gasteiger partial charge in [0.15, 0.2) is 0 Å². The van der Waals surface area contributed by atoms with Crippen molar-refractivity contribution in [1.29, 1.82) is 0 Å². The fourth-order valence-electron chi connectivity index (χ4n) is 1.81. The first-order valence-electron chi connectivity index (χ1n) is 5.78. The van der Waals surface area contributed by atoms with Gasteiger partial charge in [-0.05, 0) is 30.8 Å². The van der Waals surface area contributed by atoms with Gasteiger partial charge in [0, 0.05) is 23.8 Å². The molecule has 0 aliphatic carbocycles. The molecule has 2 N–H and O–H groups in total. The molecule has 0 spiro atoms. The Balaban J connectivity index is 2.04. The van der Waals surface area contributed by atoms with Crippen LogP contribution in [0.4, 0.5) is 5.69 Å². The van der Waals surface area contributed by atoms with Crippen LogP contribution in [0.5, 0.6) is 0 Å². The third-order valence-corrected chi connectivity index (χ3v) is 3.52. The number of nitrogens with zero attached hydrogens (tertiary/aromatic N) is 2. The van der Waals surface area contributed by atoms with Crippen molar-refractivity contribution < 1.29 is 0 Å². The van der Waals surface area contributed by atoms with E-state index in [4.69, 9.17) is 5.73 Å². The molecule has 2 aromatic rings. The molecule has 0 saturated heterocycles. The van der Waals surface area contributed by atoms with Gasteiger partial charge < -0.3 is 5.73 Å². The summed E-state index contributed by atoms with van der Waals surface area (Å²) in [5.41, 5.74) is 8.82. The number of halogens is 1. The maximum atomic E-state index is 5.89. The maximum Gasteiger partial charge on any atom is 0.0772 e. The van der Waals surface area contributed by atoms with E-state index in [-0.39, 0.29) is 0 Å². The van der Waals surface area contributed by atoms with Crippen molar-refractivity contribution in [2.45, 2.75) is 13.1 Å². The van der Waals surface area contributed by atoms with Crippen molar-refractivity contribution in [1.82, 2.24) is 9.88 Å². The first-order valence-corrected chi connectivity index (χ1v) is 6.57. The second-order valence-electron chi connectivity index (χ2n) is 4.30. The van der Waals surface area contributed by atoms with Crippen molar-refractivity contribution in [3.63, 3.8) is 0 Å². The summed E-state index contributed by atoms with van der Waals surface area (Å²) in [6.07, 6.45) is 1.78.